The van der Waals surface area contributed by atoms with Crippen molar-refractivity contribution >= 4 is 22.8 Å². The molecule has 9 nitrogen and oxygen atoms in total. The van der Waals surface area contributed by atoms with Crippen LogP contribution in [0, 0.1) is 5.82 Å². The monoisotopic (exact) mass is 545 g/mol. The maximum absolute atomic E-state index is 14.1. The lowest BCUT2D eigenvalue weighted by Gasteiger charge is -2.33. The Morgan fingerprint density at radius 1 is 1.02 bits per heavy atom. The van der Waals surface area contributed by atoms with Gasteiger partial charge in [0.1, 0.15) is 23.9 Å². The standard InChI is InChI=1S/C30H32FN5O4/c1-39-26-13-7-10-23(29(26)40-2)28(30(38)32-22-8-3-4-9-22)35(18-20-14-16-21(31)17-15-20)27(37)19-36-25-12-6-5-11-24(25)33-34-36/h5-7,10-17,22,28H,3-4,8-9,18-19H2,1-2H3,(H,32,38)/t28-/m1/s1. The lowest BCUT2D eigenvalue weighted by atomic mass is 10.00. The zero-order chi connectivity index (χ0) is 28.1. The van der Waals surface area contributed by atoms with Crippen molar-refractivity contribution in [2.45, 2.75) is 50.9 Å². The summed E-state index contributed by atoms with van der Waals surface area (Å²) in [5.74, 6) is -0.274. The molecule has 1 aliphatic rings. The lowest BCUT2D eigenvalue weighted by molar-refractivity contribution is -0.142. The molecule has 1 saturated carbocycles. The van der Waals surface area contributed by atoms with Gasteiger partial charge in [-0.1, -0.05) is 54.5 Å². The molecule has 5 rings (SSSR count). The van der Waals surface area contributed by atoms with Crippen LogP contribution in [0.3, 0.4) is 0 Å². The smallest absolute Gasteiger partial charge is 0.247 e. The number of halogens is 1. The molecule has 1 fully saturated rings. The van der Waals surface area contributed by atoms with Crippen LogP contribution in [0.25, 0.3) is 11.0 Å². The fraction of sp³-hybridized carbons (Fsp3) is 0.333. The third-order valence-electron chi connectivity index (χ3n) is 7.28. The molecule has 10 heteroatoms. The lowest BCUT2D eigenvalue weighted by Crippen LogP contribution is -2.46. The van der Waals surface area contributed by atoms with Crippen LogP contribution in [0.15, 0.2) is 66.7 Å². The van der Waals surface area contributed by atoms with Gasteiger partial charge in [0.2, 0.25) is 11.8 Å². The molecule has 1 aromatic heterocycles. The number of hydrogen-bond acceptors (Lipinski definition) is 6. The van der Waals surface area contributed by atoms with E-state index in [0.717, 1.165) is 25.7 Å². The number of nitrogens with one attached hydrogen (secondary N) is 1. The maximum Gasteiger partial charge on any atom is 0.247 e. The number of hydrogen-bond donors (Lipinski definition) is 1. The highest BCUT2D eigenvalue weighted by molar-refractivity contribution is 5.90. The van der Waals surface area contributed by atoms with E-state index in [1.54, 1.807) is 30.3 Å². The summed E-state index contributed by atoms with van der Waals surface area (Å²) in [5, 5.41) is 11.5. The first-order chi connectivity index (χ1) is 19.5. The van der Waals surface area contributed by atoms with Gasteiger partial charge in [0.25, 0.3) is 0 Å². The Bertz CT molecular complexity index is 1480. The largest absolute Gasteiger partial charge is 0.493 e. The average molecular weight is 546 g/mol. The molecule has 3 aromatic carbocycles. The number of carbonyl (C=O) groups is 2. The van der Waals surface area contributed by atoms with Crippen LogP contribution >= 0.6 is 0 Å². The number of benzene rings is 3. The molecule has 4 aromatic rings. The summed E-state index contributed by atoms with van der Waals surface area (Å²) in [6.45, 7) is -0.101. The molecule has 0 bridgehead atoms. The quantitative estimate of drug-likeness (QED) is 0.317. The SMILES string of the molecule is COc1cccc([C@H](C(=O)NC2CCCC2)N(Cc2ccc(F)cc2)C(=O)Cn2nnc3ccccc32)c1OC. The highest BCUT2D eigenvalue weighted by Gasteiger charge is 2.36. The van der Waals surface area contributed by atoms with E-state index in [0.29, 0.717) is 33.7 Å². The van der Waals surface area contributed by atoms with Gasteiger partial charge in [-0.2, -0.15) is 0 Å². The summed E-state index contributed by atoms with van der Waals surface area (Å²) in [6.07, 6.45) is 3.83. The molecular weight excluding hydrogens is 513 g/mol. The molecule has 208 valence electrons. The van der Waals surface area contributed by atoms with E-state index >= 15 is 0 Å². The summed E-state index contributed by atoms with van der Waals surface area (Å²) in [6, 6.07) is 17.5. The van der Waals surface area contributed by atoms with Crippen LogP contribution in [0.1, 0.15) is 42.9 Å². The van der Waals surface area contributed by atoms with Crippen LogP contribution in [0.4, 0.5) is 4.39 Å². The van der Waals surface area contributed by atoms with E-state index in [4.69, 9.17) is 9.47 Å². The molecule has 0 saturated heterocycles. The number of nitrogens with zero attached hydrogens (tertiary/aromatic N) is 4. The van der Waals surface area contributed by atoms with Crippen LogP contribution in [-0.4, -0.2) is 52.0 Å². The first-order valence-electron chi connectivity index (χ1n) is 13.3. The molecular formula is C30H32FN5O4. The zero-order valence-electron chi connectivity index (χ0n) is 22.5. The number of amides is 2. The molecule has 0 spiro atoms. The van der Waals surface area contributed by atoms with Crippen molar-refractivity contribution in [2.24, 2.45) is 0 Å². The van der Waals surface area contributed by atoms with Crippen LogP contribution in [0.5, 0.6) is 11.5 Å². The summed E-state index contributed by atoms with van der Waals surface area (Å²) < 4.78 is 26.5. The number of rotatable bonds is 10. The van der Waals surface area contributed by atoms with Crippen molar-refractivity contribution in [1.29, 1.82) is 0 Å². The highest BCUT2D eigenvalue weighted by atomic mass is 19.1. The van der Waals surface area contributed by atoms with Gasteiger partial charge in [-0.05, 0) is 48.7 Å². The third kappa shape index (κ3) is 5.75. The summed E-state index contributed by atoms with van der Waals surface area (Å²) in [5.41, 5.74) is 2.50. The number of methoxy groups -OCH3 is 2. The zero-order valence-corrected chi connectivity index (χ0v) is 22.5. The number of aromatic nitrogens is 3. The Kier molecular flexibility index (Phi) is 8.23. The topological polar surface area (TPSA) is 98.6 Å². The molecule has 1 heterocycles. The fourth-order valence-electron chi connectivity index (χ4n) is 5.29. The number of carbonyl (C=O) groups excluding carboxylic acids is 2. The second-order valence-electron chi connectivity index (χ2n) is 9.86. The van der Waals surface area contributed by atoms with Crippen LogP contribution in [-0.2, 0) is 22.7 Å². The number of para-hydroxylation sites is 2. The van der Waals surface area contributed by atoms with Crippen LogP contribution in [0.2, 0.25) is 0 Å². The number of fused-ring (bicyclic) bond motifs is 1. The van der Waals surface area contributed by atoms with Gasteiger partial charge in [0, 0.05) is 18.2 Å². The number of ether oxygens (including phenoxy) is 2. The molecule has 2 amide bonds. The Hall–Kier alpha value is -4.47. The van der Waals surface area contributed by atoms with Gasteiger partial charge in [0.15, 0.2) is 11.5 Å². The minimum Gasteiger partial charge on any atom is -0.493 e. The van der Waals surface area contributed by atoms with E-state index in [2.05, 4.69) is 15.6 Å². The third-order valence-corrected chi connectivity index (χ3v) is 7.28. The van der Waals surface area contributed by atoms with Crippen molar-refractivity contribution in [3.8, 4) is 11.5 Å². The fourth-order valence-corrected chi connectivity index (χ4v) is 5.29. The maximum atomic E-state index is 14.1. The van der Waals surface area contributed by atoms with Gasteiger partial charge < -0.3 is 19.7 Å². The van der Waals surface area contributed by atoms with E-state index in [-0.39, 0.29) is 36.8 Å². The first kappa shape index (κ1) is 27.1. The molecule has 1 atom stereocenters. The van der Waals surface area contributed by atoms with Gasteiger partial charge in [-0.25, -0.2) is 9.07 Å². The first-order valence-corrected chi connectivity index (χ1v) is 13.3. The van der Waals surface area contributed by atoms with Gasteiger partial charge in [-0.15, -0.1) is 5.10 Å². The Labute approximate surface area is 231 Å². The van der Waals surface area contributed by atoms with E-state index in [1.807, 2.05) is 24.3 Å². The summed E-state index contributed by atoms with van der Waals surface area (Å²) in [7, 11) is 3.02. The predicted molar refractivity (Wildman–Crippen MR) is 147 cm³/mol. The van der Waals surface area contributed by atoms with Crippen molar-refractivity contribution in [2.75, 3.05) is 14.2 Å². The summed E-state index contributed by atoms with van der Waals surface area (Å²) >= 11 is 0. The second-order valence-corrected chi connectivity index (χ2v) is 9.86. The van der Waals surface area contributed by atoms with Crippen molar-refractivity contribution in [1.82, 2.24) is 25.2 Å². The Balaban J connectivity index is 1.59. The molecule has 40 heavy (non-hydrogen) atoms. The normalized spacial score (nSPS) is 14.2. The van der Waals surface area contributed by atoms with Crippen molar-refractivity contribution in [3.05, 3.63) is 83.7 Å². The summed E-state index contributed by atoms with van der Waals surface area (Å²) in [4.78, 5) is 29.7. The minimum absolute atomic E-state index is 0.0219. The van der Waals surface area contributed by atoms with Crippen molar-refractivity contribution in [3.63, 3.8) is 0 Å². The molecule has 0 unspecified atom stereocenters. The minimum atomic E-state index is -1.06. The Morgan fingerprint density at radius 3 is 2.50 bits per heavy atom. The van der Waals surface area contributed by atoms with Crippen molar-refractivity contribution < 1.29 is 23.5 Å². The van der Waals surface area contributed by atoms with E-state index in [9.17, 15) is 14.0 Å². The molecule has 1 N–H and O–H groups in total. The molecule has 0 aliphatic heterocycles. The molecule has 1 aliphatic carbocycles. The Morgan fingerprint density at radius 2 is 1.77 bits per heavy atom. The van der Waals surface area contributed by atoms with Gasteiger partial charge >= 0.3 is 0 Å². The average Bonchev–Trinajstić information content (AvgIpc) is 3.63. The predicted octanol–water partition coefficient (Wildman–Crippen LogP) is 4.42. The second kappa shape index (κ2) is 12.1. The van der Waals surface area contributed by atoms with E-state index < -0.39 is 6.04 Å². The van der Waals surface area contributed by atoms with Gasteiger partial charge in [-0.3, -0.25) is 9.59 Å². The van der Waals surface area contributed by atoms with Gasteiger partial charge in [0.05, 0.1) is 19.7 Å². The van der Waals surface area contributed by atoms with Crippen LogP contribution < -0.4 is 14.8 Å². The molecule has 0 radical (unpaired) electrons. The highest BCUT2D eigenvalue weighted by Crippen LogP contribution is 2.38. The van der Waals surface area contributed by atoms with E-state index in [1.165, 1.54) is 35.9 Å².